The maximum atomic E-state index is 4.21. The number of nitrogens with one attached hydrogen (secondary N) is 1. The predicted octanol–water partition coefficient (Wildman–Crippen LogP) is 1.96. The van der Waals surface area contributed by atoms with Gasteiger partial charge in [0.2, 0.25) is 0 Å². The van der Waals surface area contributed by atoms with Crippen molar-refractivity contribution in [3.63, 3.8) is 0 Å². The zero-order valence-corrected chi connectivity index (χ0v) is 9.25. The van der Waals surface area contributed by atoms with Crippen molar-refractivity contribution >= 4 is 0 Å². The average molecular weight is 193 g/mol. The Kier molecular flexibility index (Phi) is 4.40. The molecule has 0 fully saturated rings. The van der Waals surface area contributed by atoms with Crippen LogP contribution in [0.4, 0.5) is 0 Å². The van der Waals surface area contributed by atoms with Gasteiger partial charge in [0.15, 0.2) is 0 Å². The Morgan fingerprint density at radius 3 is 2.93 bits per heavy atom. The highest BCUT2D eigenvalue weighted by Crippen LogP contribution is 1.96. The molecule has 0 saturated carbocycles. The largest absolute Gasteiger partial charge is 0.309 e. The maximum absolute atomic E-state index is 4.21. The third-order valence-corrected chi connectivity index (χ3v) is 1.99. The lowest BCUT2D eigenvalue weighted by atomic mass is 10.3. The Morgan fingerprint density at radius 1 is 1.57 bits per heavy atom. The summed E-state index contributed by atoms with van der Waals surface area (Å²) in [5.74, 6) is 0. The van der Waals surface area contributed by atoms with E-state index in [0.717, 1.165) is 19.6 Å². The lowest BCUT2D eigenvalue weighted by molar-refractivity contribution is 0.658. The van der Waals surface area contributed by atoms with Gasteiger partial charge < -0.3 is 5.32 Å². The lowest BCUT2D eigenvalue weighted by Gasteiger charge is -1.98. The molecule has 0 spiro atoms. The molecule has 0 atom stereocenters. The van der Waals surface area contributed by atoms with E-state index in [-0.39, 0.29) is 0 Å². The van der Waals surface area contributed by atoms with Gasteiger partial charge in [-0.1, -0.05) is 11.6 Å². The van der Waals surface area contributed by atoms with E-state index >= 15 is 0 Å². The number of nitrogens with zero attached hydrogens (tertiary/aromatic N) is 2. The number of allylic oxidation sites excluding steroid dienone is 1. The first-order valence-electron chi connectivity index (χ1n) is 5.07. The summed E-state index contributed by atoms with van der Waals surface area (Å²) < 4.78 is 1.94. The zero-order valence-electron chi connectivity index (χ0n) is 9.25. The predicted molar refractivity (Wildman–Crippen MR) is 59.0 cm³/mol. The van der Waals surface area contributed by atoms with Gasteiger partial charge in [-0.05, 0) is 20.8 Å². The second-order valence-electron chi connectivity index (χ2n) is 3.62. The topological polar surface area (TPSA) is 29.9 Å². The third-order valence-electron chi connectivity index (χ3n) is 1.99. The molecule has 0 amide bonds. The van der Waals surface area contributed by atoms with Crippen LogP contribution in [0.2, 0.25) is 0 Å². The van der Waals surface area contributed by atoms with Crippen molar-refractivity contribution in [2.24, 2.45) is 0 Å². The average Bonchev–Trinajstić information content (AvgIpc) is 2.60. The van der Waals surface area contributed by atoms with Gasteiger partial charge in [-0.2, -0.15) is 5.10 Å². The van der Waals surface area contributed by atoms with E-state index in [1.165, 1.54) is 11.1 Å². The van der Waals surface area contributed by atoms with Crippen LogP contribution >= 0.6 is 0 Å². The highest BCUT2D eigenvalue weighted by Gasteiger charge is 1.95. The summed E-state index contributed by atoms with van der Waals surface area (Å²) in [6.45, 7) is 9.07. The summed E-state index contributed by atoms with van der Waals surface area (Å²) >= 11 is 0. The SMILES string of the molecule is CCn1cc(CNCC=C(C)C)cn1. The van der Waals surface area contributed by atoms with Gasteiger partial charge in [0.05, 0.1) is 6.20 Å². The quantitative estimate of drug-likeness (QED) is 0.572. The second-order valence-corrected chi connectivity index (χ2v) is 3.62. The Bertz CT molecular complexity index is 295. The molecule has 0 aliphatic rings. The Morgan fingerprint density at radius 2 is 2.36 bits per heavy atom. The molecule has 78 valence electrons. The molecular weight excluding hydrogens is 174 g/mol. The monoisotopic (exact) mass is 193 g/mol. The highest BCUT2D eigenvalue weighted by molar-refractivity contribution is 5.04. The molecule has 0 radical (unpaired) electrons. The van der Waals surface area contributed by atoms with E-state index < -0.39 is 0 Å². The van der Waals surface area contributed by atoms with E-state index in [2.05, 4.69) is 43.5 Å². The molecule has 0 bridgehead atoms. The maximum Gasteiger partial charge on any atom is 0.0534 e. The summed E-state index contributed by atoms with van der Waals surface area (Å²) in [6, 6.07) is 0. The molecule has 0 aliphatic heterocycles. The van der Waals surface area contributed by atoms with Crippen LogP contribution in [0.15, 0.2) is 24.0 Å². The Labute approximate surface area is 85.8 Å². The first kappa shape index (κ1) is 11.0. The van der Waals surface area contributed by atoms with Crippen molar-refractivity contribution in [3.8, 4) is 0 Å². The first-order chi connectivity index (χ1) is 6.72. The van der Waals surface area contributed by atoms with Crippen LogP contribution in [-0.2, 0) is 13.1 Å². The van der Waals surface area contributed by atoms with Gasteiger partial charge in [0.1, 0.15) is 0 Å². The summed E-state index contributed by atoms with van der Waals surface area (Å²) in [7, 11) is 0. The summed E-state index contributed by atoms with van der Waals surface area (Å²) in [5, 5.41) is 7.55. The fraction of sp³-hybridized carbons (Fsp3) is 0.545. The lowest BCUT2D eigenvalue weighted by Crippen LogP contribution is -2.12. The van der Waals surface area contributed by atoms with E-state index in [1.54, 1.807) is 0 Å². The summed E-state index contributed by atoms with van der Waals surface area (Å²) in [5.41, 5.74) is 2.59. The van der Waals surface area contributed by atoms with Crippen molar-refractivity contribution in [2.75, 3.05) is 6.54 Å². The third kappa shape index (κ3) is 3.75. The smallest absolute Gasteiger partial charge is 0.0534 e. The van der Waals surface area contributed by atoms with Crippen molar-refractivity contribution in [2.45, 2.75) is 33.9 Å². The molecule has 0 aromatic carbocycles. The molecule has 1 aromatic heterocycles. The number of hydrogen-bond acceptors (Lipinski definition) is 2. The second kappa shape index (κ2) is 5.60. The van der Waals surface area contributed by atoms with Gasteiger partial charge in [-0.25, -0.2) is 0 Å². The van der Waals surface area contributed by atoms with Gasteiger partial charge in [-0.15, -0.1) is 0 Å². The summed E-state index contributed by atoms with van der Waals surface area (Å²) in [6.07, 6.45) is 6.18. The molecular formula is C11H19N3. The van der Waals surface area contributed by atoms with Crippen molar-refractivity contribution in [3.05, 3.63) is 29.6 Å². The summed E-state index contributed by atoms with van der Waals surface area (Å²) in [4.78, 5) is 0. The number of aromatic nitrogens is 2. The standard InChI is InChI=1S/C11H19N3/c1-4-14-9-11(8-13-14)7-12-6-5-10(2)3/h5,8-9,12H,4,6-7H2,1-3H3. The normalized spacial score (nSPS) is 10.2. The minimum absolute atomic E-state index is 0.893. The fourth-order valence-electron chi connectivity index (χ4n) is 1.16. The Hall–Kier alpha value is -1.09. The minimum Gasteiger partial charge on any atom is -0.309 e. The van der Waals surface area contributed by atoms with Crippen LogP contribution in [0.5, 0.6) is 0 Å². The molecule has 14 heavy (non-hydrogen) atoms. The fourth-order valence-corrected chi connectivity index (χ4v) is 1.16. The van der Waals surface area contributed by atoms with E-state index in [0.29, 0.717) is 0 Å². The molecule has 0 unspecified atom stereocenters. The molecule has 1 aromatic rings. The number of rotatable bonds is 5. The highest BCUT2D eigenvalue weighted by atomic mass is 15.3. The van der Waals surface area contributed by atoms with E-state index in [1.807, 2.05) is 10.9 Å². The molecule has 1 heterocycles. The zero-order chi connectivity index (χ0) is 10.4. The Balaban J connectivity index is 2.28. The van der Waals surface area contributed by atoms with Crippen molar-refractivity contribution in [1.82, 2.24) is 15.1 Å². The molecule has 0 aliphatic carbocycles. The van der Waals surface area contributed by atoms with Gasteiger partial charge in [0, 0.05) is 31.4 Å². The molecule has 0 saturated heterocycles. The van der Waals surface area contributed by atoms with Gasteiger partial charge >= 0.3 is 0 Å². The molecule has 1 rings (SSSR count). The van der Waals surface area contributed by atoms with Crippen LogP contribution in [0.3, 0.4) is 0 Å². The van der Waals surface area contributed by atoms with E-state index in [4.69, 9.17) is 0 Å². The molecule has 1 N–H and O–H groups in total. The van der Waals surface area contributed by atoms with Crippen LogP contribution in [0, 0.1) is 0 Å². The van der Waals surface area contributed by atoms with Crippen LogP contribution in [-0.4, -0.2) is 16.3 Å². The molecule has 3 heteroatoms. The van der Waals surface area contributed by atoms with Gasteiger partial charge in [0.25, 0.3) is 0 Å². The van der Waals surface area contributed by atoms with Gasteiger partial charge in [-0.3, -0.25) is 4.68 Å². The number of hydrogen-bond donors (Lipinski definition) is 1. The van der Waals surface area contributed by atoms with E-state index in [9.17, 15) is 0 Å². The van der Waals surface area contributed by atoms with Crippen molar-refractivity contribution in [1.29, 1.82) is 0 Å². The van der Waals surface area contributed by atoms with Crippen LogP contribution in [0.25, 0.3) is 0 Å². The van der Waals surface area contributed by atoms with Crippen molar-refractivity contribution < 1.29 is 0 Å². The first-order valence-corrected chi connectivity index (χ1v) is 5.07. The minimum atomic E-state index is 0.893. The van der Waals surface area contributed by atoms with Crippen LogP contribution in [0.1, 0.15) is 26.3 Å². The van der Waals surface area contributed by atoms with Crippen LogP contribution < -0.4 is 5.32 Å². The number of aryl methyl sites for hydroxylation is 1. The molecule has 3 nitrogen and oxygen atoms in total.